The van der Waals surface area contributed by atoms with Crippen LogP contribution in [0.4, 0.5) is 11.4 Å². The lowest BCUT2D eigenvalue weighted by Crippen LogP contribution is -2.21. The molecule has 0 bridgehead atoms. The van der Waals surface area contributed by atoms with Crippen molar-refractivity contribution in [3.63, 3.8) is 0 Å². The summed E-state index contributed by atoms with van der Waals surface area (Å²) in [6.45, 7) is 10.3. The predicted molar refractivity (Wildman–Crippen MR) is 125 cm³/mol. The molecular formula is C23H29N5OS. The molecule has 0 saturated heterocycles. The molecule has 30 heavy (non-hydrogen) atoms. The van der Waals surface area contributed by atoms with Crippen molar-refractivity contribution in [1.29, 1.82) is 0 Å². The number of anilines is 2. The summed E-state index contributed by atoms with van der Waals surface area (Å²) in [5.41, 5.74) is 5.28. The third-order valence-corrected chi connectivity index (χ3v) is 5.95. The van der Waals surface area contributed by atoms with Crippen molar-refractivity contribution in [2.24, 2.45) is 7.05 Å². The molecule has 1 heterocycles. The molecule has 7 heteroatoms. The van der Waals surface area contributed by atoms with Crippen LogP contribution in [0.1, 0.15) is 25.0 Å². The summed E-state index contributed by atoms with van der Waals surface area (Å²) in [5.74, 6) is 1.01. The fourth-order valence-corrected chi connectivity index (χ4v) is 4.19. The lowest BCUT2D eigenvalue weighted by atomic mass is 10.1. The average Bonchev–Trinajstić information content (AvgIpc) is 3.07. The van der Waals surface area contributed by atoms with E-state index in [0.29, 0.717) is 5.16 Å². The maximum absolute atomic E-state index is 12.4. The second-order valence-electron chi connectivity index (χ2n) is 7.30. The van der Waals surface area contributed by atoms with Gasteiger partial charge < -0.3 is 14.8 Å². The van der Waals surface area contributed by atoms with Crippen LogP contribution in [0.25, 0.3) is 11.4 Å². The van der Waals surface area contributed by atoms with Gasteiger partial charge in [-0.3, -0.25) is 4.79 Å². The van der Waals surface area contributed by atoms with Crippen LogP contribution in [-0.2, 0) is 11.8 Å². The first-order chi connectivity index (χ1) is 14.4. The number of rotatable bonds is 8. The van der Waals surface area contributed by atoms with Crippen molar-refractivity contribution in [3.8, 4) is 11.4 Å². The summed E-state index contributed by atoms with van der Waals surface area (Å²) >= 11 is 1.38. The SMILES string of the molecule is CCN(CC)c1ccc(-c2nnc(SCC(=O)Nc3cc(C)cc(C)c3)n2C)cc1. The van der Waals surface area contributed by atoms with Gasteiger partial charge in [-0.05, 0) is 75.2 Å². The Bertz CT molecular complexity index is 989. The Hall–Kier alpha value is -2.80. The minimum Gasteiger partial charge on any atom is -0.372 e. The van der Waals surface area contributed by atoms with Gasteiger partial charge in [0.25, 0.3) is 0 Å². The van der Waals surface area contributed by atoms with Gasteiger partial charge in [-0.25, -0.2) is 0 Å². The molecule has 1 N–H and O–H groups in total. The Balaban J connectivity index is 1.64. The van der Waals surface area contributed by atoms with E-state index < -0.39 is 0 Å². The Morgan fingerprint density at radius 2 is 1.67 bits per heavy atom. The minimum absolute atomic E-state index is 0.0573. The summed E-state index contributed by atoms with van der Waals surface area (Å²) in [4.78, 5) is 14.7. The van der Waals surface area contributed by atoms with Crippen LogP contribution in [0.3, 0.4) is 0 Å². The topological polar surface area (TPSA) is 63.1 Å². The van der Waals surface area contributed by atoms with Crippen molar-refractivity contribution in [2.75, 3.05) is 29.1 Å². The highest BCUT2D eigenvalue weighted by molar-refractivity contribution is 7.99. The summed E-state index contributed by atoms with van der Waals surface area (Å²) in [6, 6.07) is 14.4. The maximum atomic E-state index is 12.4. The second-order valence-corrected chi connectivity index (χ2v) is 8.24. The monoisotopic (exact) mass is 423 g/mol. The zero-order valence-corrected chi connectivity index (χ0v) is 19.1. The molecule has 6 nitrogen and oxygen atoms in total. The predicted octanol–water partition coefficient (Wildman–Crippen LogP) is 4.68. The normalized spacial score (nSPS) is 10.8. The zero-order chi connectivity index (χ0) is 21.7. The van der Waals surface area contributed by atoms with Crippen LogP contribution in [0.15, 0.2) is 47.6 Å². The number of thioether (sulfide) groups is 1. The maximum Gasteiger partial charge on any atom is 0.234 e. The number of hydrogen-bond acceptors (Lipinski definition) is 5. The molecule has 0 aliphatic heterocycles. The summed E-state index contributed by atoms with van der Waals surface area (Å²) in [7, 11) is 1.93. The van der Waals surface area contributed by atoms with Gasteiger partial charge in [0.05, 0.1) is 5.75 Å². The summed E-state index contributed by atoms with van der Waals surface area (Å²) < 4.78 is 1.93. The van der Waals surface area contributed by atoms with Gasteiger partial charge in [0, 0.05) is 37.1 Å². The van der Waals surface area contributed by atoms with E-state index >= 15 is 0 Å². The molecule has 0 unspecified atom stereocenters. The largest absolute Gasteiger partial charge is 0.372 e. The smallest absolute Gasteiger partial charge is 0.234 e. The quantitative estimate of drug-likeness (QED) is 0.533. The Kier molecular flexibility index (Phi) is 7.15. The minimum atomic E-state index is -0.0573. The van der Waals surface area contributed by atoms with Gasteiger partial charge in [0.15, 0.2) is 11.0 Å². The molecule has 1 aromatic heterocycles. The Morgan fingerprint density at radius 3 is 2.27 bits per heavy atom. The third kappa shape index (κ3) is 5.21. The Labute approximate surface area is 182 Å². The van der Waals surface area contributed by atoms with E-state index in [1.807, 2.05) is 37.6 Å². The molecule has 1 amide bonds. The van der Waals surface area contributed by atoms with Crippen molar-refractivity contribution in [2.45, 2.75) is 32.9 Å². The lowest BCUT2D eigenvalue weighted by Gasteiger charge is -2.21. The van der Waals surface area contributed by atoms with Gasteiger partial charge in [-0.2, -0.15) is 0 Å². The molecular weight excluding hydrogens is 394 g/mol. The van der Waals surface area contributed by atoms with Crippen LogP contribution in [0, 0.1) is 13.8 Å². The highest BCUT2D eigenvalue weighted by Gasteiger charge is 2.14. The van der Waals surface area contributed by atoms with Gasteiger partial charge >= 0.3 is 0 Å². The van der Waals surface area contributed by atoms with Crippen LogP contribution in [-0.4, -0.2) is 39.5 Å². The molecule has 0 saturated carbocycles. The highest BCUT2D eigenvalue weighted by Crippen LogP contribution is 2.25. The van der Waals surface area contributed by atoms with Gasteiger partial charge in [0.2, 0.25) is 5.91 Å². The molecule has 2 aromatic carbocycles. The fraction of sp³-hybridized carbons (Fsp3) is 0.348. The second kappa shape index (κ2) is 9.80. The van der Waals surface area contributed by atoms with Crippen LogP contribution >= 0.6 is 11.8 Å². The van der Waals surface area contributed by atoms with E-state index in [4.69, 9.17) is 0 Å². The molecule has 0 atom stereocenters. The van der Waals surface area contributed by atoms with Gasteiger partial charge in [-0.15, -0.1) is 10.2 Å². The number of carbonyl (C=O) groups is 1. The first-order valence-electron chi connectivity index (χ1n) is 10.2. The molecule has 0 aliphatic rings. The van der Waals surface area contributed by atoms with E-state index in [-0.39, 0.29) is 11.7 Å². The fourth-order valence-electron chi connectivity index (χ4n) is 3.48. The lowest BCUT2D eigenvalue weighted by molar-refractivity contribution is -0.113. The first kappa shape index (κ1) is 21.9. The van der Waals surface area contributed by atoms with Crippen LogP contribution in [0.5, 0.6) is 0 Å². The van der Waals surface area contributed by atoms with Crippen molar-refractivity contribution in [1.82, 2.24) is 14.8 Å². The number of nitrogens with one attached hydrogen (secondary N) is 1. The van der Waals surface area contributed by atoms with Crippen molar-refractivity contribution >= 4 is 29.0 Å². The molecule has 0 radical (unpaired) electrons. The number of nitrogens with zero attached hydrogens (tertiary/aromatic N) is 4. The molecule has 158 valence electrons. The summed E-state index contributed by atoms with van der Waals surface area (Å²) in [5, 5.41) is 12.3. The van der Waals surface area contributed by atoms with E-state index in [9.17, 15) is 4.79 Å². The number of hydrogen-bond donors (Lipinski definition) is 1. The van der Waals surface area contributed by atoms with E-state index in [2.05, 4.69) is 64.6 Å². The summed E-state index contributed by atoms with van der Waals surface area (Å²) in [6.07, 6.45) is 0. The molecule has 0 aliphatic carbocycles. The van der Waals surface area contributed by atoms with Gasteiger partial charge in [-0.1, -0.05) is 17.8 Å². The molecule has 3 rings (SSSR count). The Morgan fingerprint density at radius 1 is 1.03 bits per heavy atom. The average molecular weight is 424 g/mol. The standard InChI is InChI=1S/C23H29N5OS/c1-6-28(7-2)20-10-8-18(9-11-20)22-25-26-23(27(22)5)30-15-21(29)24-19-13-16(3)12-17(4)14-19/h8-14H,6-7,15H2,1-5H3,(H,24,29). The number of aryl methyl sites for hydroxylation is 2. The van der Waals surface area contributed by atoms with Crippen molar-refractivity contribution in [3.05, 3.63) is 53.6 Å². The van der Waals surface area contributed by atoms with E-state index in [0.717, 1.165) is 41.3 Å². The molecule has 3 aromatic rings. The third-order valence-electron chi connectivity index (χ3n) is 4.93. The number of carbonyl (C=O) groups excluding carboxylic acids is 1. The number of aromatic nitrogens is 3. The van der Waals surface area contributed by atoms with Crippen LogP contribution in [0.2, 0.25) is 0 Å². The molecule has 0 fully saturated rings. The zero-order valence-electron chi connectivity index (χ0n) is 18.3. The first-order valence-corrected chi connectivity index (χ1v) is 11.2. The van der Waals surface area contributed by atoms with E-state index in [1.54, 1.807) is 0 Å². The molecule has 0 spiro atoms. The van der Waals surface area contributed by atoms with Crippen LogP contribution < -0.4 is 10.2 Å². The van der Waals surface area contributed by atoms with E-state index in [1.165, 1.54) is 17.4 Å². The number of benzene rings is 2. The highest BCUT2D eigenvalue weighted by atomic mass is 32.2. The van der Waals surface area contributed by atoms with Gasteiger partial charge in [0.1, 0.15) is 0 Å². The van der Waals surface area contributed by atoms with Crippen molar-refractivity contribution < 1.29 is 4.79 Å². The number of amides is 1.